The summed E-state index contributed by atoms with van der Waals surface area (Å²) in [5, 5.41) is 3.32. The van der Waals surface area contributed by atoms with Crippen molar-refractivity contribution in [3.8, 4) is 10.6 Å². The molecule has 0 amide bonds. The Balaban J connectivity index is 1.85. The highest BCUT2D eigenvalue weighted by molar-refractivity contribution is 7.16. The summed E-state index contributed by atoms with van der Waals surface area (Å²) >= 11 is 3.60. The van der Waals surface area contributed by atoms with Crippen molar-refractivity contribution in [2.24, 2.45) is 5.73 Å². The Kier molecular flexibility index (Phi) is 4.24. The van der Waals surface area contributed by atoms with Crippen LogP contribution in [-0.4, -0.2) is 4.98 Å². The minimum atomic E-state index is -0.176. The fourth-order valence-electron chi connectivity index (χ4n) is 2.89. The van der Waals surface area contributed by atoms with Gasteiger partial charge in [0, 0.05) is 10.3 Å². The maximum atomic E-state index is 6.65. The minimum Gasteiger partial charge on any atom is -0.319 e. The first-order chi connectivity index (χ1) is 9.71. The average molecular weight is 306 g/mol. The largest absolute Gasteiger partial charge is 0.319 e. The monoisotopic (exact) mass is 306 g/mol. The molecule has 2 aromatic heterocycles. The number of rotatable bonds is 3. The van der Waals surface area contributed by atoms with Gasteiger partial charge in [-0.2, -0.15) is 0 Å². The highest BCUT2D eigenvalue weighted by Gasteiger charge is 2.31. The normalized spacial score (nSPS) is 18.9. The van der Waals surface area contributed by atoms with E-state index in [1.54, 1.807) is 11.3 Å². The van der Waals surface area contributed by atoms with Gasteiger partial charge in [0.1, 0.15) is 5.01 Å². The highest BCUT2D eigenvalue weighted by atomic mass is 32.1. The predicted octanol–water partition coefficient (Wildman–Crippen LogP) is 4.94. The van der Waals surface area contributed by atoms with Gasteiger partial charge >= 0.3 is 0 Å². The van der Waals surface area contributed by atoms with Crippen LogP contribution >= 0.6 is 22.7 Å². The van der Waals surface area contributed by atoms with E-state index in [1.165, 1.54) is 35.4 Å². The summed E-state index contributed by atoms with van der Waals surface area (Å²) in [7, 11) is 0. The molecule has 1 aliphatic carbocycles. The quantitative estimate of drug-likeness (QED) is 0.816. The molecule has 1 aliphatic rings. The molecule has 108 valence electrons. The summed E-state index contributed by atoms with van der Waals surface area (Å²) in [6, 6.07) is 4.40. The first-order valence-corrected chi connectivity index (χ1v) is 9.25. The molecule has 0 saturated heterocycles. The molecule has 0 aliphatic heterocycles. The first-order valence-electron chi connectivity index (χ1n) is 7.55. The van der Waals surface area contributed by atoms with Crippen LogP contribution in [0.1, 0.15) is 55.3 Å². The Morgan fingerprint density at radius 3 is 2.60 bits per heavy atom. The van der Waals surface area contributed by atoms with Crippen molar-refractivity contribution in [1.29, 1.82) is 0 Å². The Morgan fingerprint density at radius 2 is 1.95 bits per heavy atom. The zero-order chi connectivity index (χ0) is 14.0. The van der Waals surface area contributed by atoms with Crippen molar-refractivity contribution in [2.75, 3.05) is 0 Å². The van der Waals surface area contributed by atoms with Crippen molar-refractivity contribution < 1.29 is 0 Å². The number of nitrogens with two attached hydrogens (primary N) is 1. The van der Waals surface area contributed by atoms with E-state index in [2.05, 4.69) is 24.4 Å². The zero-order valence-corrected chi connectivity index (χ0v) is 13.7. The summed E-state index contributed by atoms with van der Waals surface area (Å²) in [4.78, 5) is 7.57. The topological polar surface area (TPSA) is 38.9 Å². The Labute approximate surface area is 129 Å². The van der Waals surface area contributed by atoms with Crippen molar-refractivity contribution >= 4 is 22.7 Å². The second kappa shape index (κ2) is 5.96. The van der Waals surface area contributed by atoms with Gasteiger partial charge in [-0.3, -0.25) is 0 Å². The third kappa shape index (κ3) is 2.83. The summed E-state index contributed by atoms with van der Waals surface area (Å²) in [6.45, 7) is 2.20. The Morgan fingerprint density at radius 1 is 1.20 bits per heavy atom. The molecular weight excluding hydrogens is 284 g/mol. The lowest BCUT2D eigenvalue weighted by atomic mass is 9.92. The van der Waals surface area contributed by atoms with Gasteiger partial charge in [0.15, 0.2) is 0 Å². The number of aromatic nitrogens is 1. The van der Waals surface area contributed by atoms with E-state index in [-0.39, 0.29) is 5.54 Å². The number of thiophene rings is 1. The molecule has 0 unspecified atom stereocenters. The van der Waals surface area contributed by atoms with E-state index in [4.69, 9.17) is 10.7 Å². The minimum absolute atomic E-state index is 0.176. The van der Waals surface area contributed by atoms with Crippen LogP contribution in [0.4, 0.5) is 0 Å². The van der Waals surface area contributed by atoms with Gasteiger partial charge in [-0.15, -0.1) is 22.7 Å². The summed E-state index contributed by atoms with van der Waals surface area (Å²) in [5.74, 6) is 0. The molecule has 0 radical (unpaired) electrons. The predicted molar refractivity (Wildman–Crippen MR) is 88.4 cm³/mol. The number of hydrogen-bond acceptors (Lipinski definition) is 4. The van der Waals surface area contributed by atoms with Crippen molar-refractivity contribution in [1.82, 2.24) is 4.98 Å². The molecule has 0 spiro atoms. The van der Waals surface area contributed by atoms with Crippen LogP contribution in [0.3, 0.4) is 0 Å². The van der Waals surface area contributed by atoms with Gasteiger partial charge in [0.2, 0.25) is 0 Å². The standard InChI is InChI=1S/C16H22N2S2/c1-2-12-7-8-14(20-12)13-11-19-15(18-13)16(17)9-5-3-4-6-10-16/h7-8,11H,2-6,9-10,17H2,1H3. The SMILES string of the molecule is CCc1ccc(-c2csc(C3(N)CCCCCC3)n2)s1. The molecule has 1 saturated carbocycles. The van der Waals surface area contributed by atoms with E-state index >= 15 is 0 Å². The van der Waals surface area contributed by atoms with Crippen molar-refractivity contribution in [3.63, 3.8) is 0 Å². The molecular formula is C16H22N2S2. The molecule has 4 heteroatoms. The smallest absolute Gasteiger partial charge is 0.113 e. The molecule has 2 N–H and O–H groups in total. The number of hydrogen-bond donors (Lipinski definition) is 1. The molecule has 2 aromatic rings. The molecule has 20 heavy (non-hydrogen) atoms. The Bertz CT molecular complexity index is 563. The van der Waals surface area contributed by atoms with Crippen LogP contribution < -0.4 is 5.73 Å². The average Bonchev–Trinajstić information content (AvgIpc) is 3.06. The number of thiazole rings is 1. The maximum Gasteiger partial charge on any atom is 0.113 e. The highest BCUT2D eigenvalue weighted by Crippen LogP contribution is 2.38. The van der Waals surface area contributed by atoms with Crippen LogP contribution in [0.15, 0.2) is 17.5 Å². The molecule has 0 aromatic carbocycles. The zero-order valence-electron chi connectivity index (χ0n) is 12.0. The van der Waals surface area contributed by atoms with Crippen LogP contribution in [0.25, 0.3) is 10.6 Å². The van der Waals surface area contributed by atoms with Crippen molar-refractivity contribution in [2.45, 2.75) is 57.4 Å². The molecule has 1 fully saturated rings. The lowest BCUT2D eigenvalue weighted by Gasteiger charge is -2.25. The van der Waals surface area contributed by atoms with Gasteiger partial charge in [-0.05, 0) is 31.4 Å². The van der Waals surface area contributed by atoms with Crippen LogP contribution in [0.2, 0.25) is 0 Å². The summed E-state index contributed by atoms with van der Waals surface area (Å²) in [6.07, 6.45) is 8.40. The molecule has 0 atom stereocenters. The molecule has 2 nitrogen and oxygen atoms in total. The van der Waals surface area contributed by atoms with E-state index < -0.39 is 0 Å². The third-order valence-electron chi connectivity index (χ3n) is 4.19. The lowest BCUT2D eigenvalue weighted by Crippen LogP contribution is -2.35. The molecule has 2 heterocycles. The van der Waals surface area contributed by atoms with Crippen LogP contribution in [-0.2, 0) is 12.0 Å². The fraction of sp³-hybridized carbons (Fsp3) is 0.562. The van der Waals surface area contributed by atoms with E-state index in [0.717, 1.165) is 30.0 Å². The molecule has 3 rings (SSSR count). The number of aryl methyl sites for hydroxylation is 1. The fourth-order valence-corrected chi connectivity index (χ4v) is 4.87. The van der Waals surface area contributed by atoms with Gasteiger partial charge in [-0.1, -0.05) is 32.6 Å². The Hall–Kier alpha value is -0.710. The lowest BCUT2D eigenvalue weighted by molar-refractivity contribution is 0.384. The summed E-state index contributed by atoms with van der Waals surface area (Å²) < 4.78 is 0. The number of nitrogens with zero attached hydrogens (tertiary/aromatic N) is 1. The second-order valence-corrected chi connectivity index (χ2v) is 7.75. The van der Waals surface area contributed by atoms with Gasteiger partial charge < -0.3 is 5.73 Å². The van der Waals surface area contributed by atoms with E-state index in [0.29, 0.717) is 0 Å². The first kappa shape index (κ1) is 14.2. The van der Waals surface area contributed by atoms with Crippen molar-refractivity contribution in [3.05, 3.63) is 27.4 Å². The van der Waals surface area contributed by atoms with Gasteiger partial charge in [0.25, 0.3) is 0 Å². The van der Waals surface area contributed by atoms with E-state index in [9.17, 15) is 0 Å². The third-order valence-corrected chi connectivity index (χ3v) is 6.50. The van der Waals surface area contributed by atoms with E-state index in [1.807, 2.05) is 11.3 Å². The van der Waals surface area contributed by atoms with Gasteiger partial charge in [0.05, 0.1) is 16.1 Å². The van der Waals surface area contributed by atoms with Crippen LogP contribution in [0, 0.1) is 0 Å². The van der Waals surface area contributed by atoms with Crippen LogP contribution in [0.5, 0.6) is 0 Å². The van der Waals surface area contributed by atoms with Gasteiger partial charge in [-0.25, -0.2) is 4.98 Å². The summed E-state index contributed by atoms with van der Waals surface area (Å²) in [5.41, 5.74) is 7.59. The second-order valence-electron chi connectivity index (χ2n) is 5.73. The molecule has 0 bridgehead atoms. The maximum absolute atomic E-state index is 6.65.